The minimum atomic E-state index is -4.12. The molecule has 1 rings (SSSR count). The molecule has 20 heavy (non-hydrogen) atoms. The lowest BCUT2D eigenvalue weighted by Gasteiger charge is -2.34. The number of hydrogen-bond donors (Lipinski definition) is 4. The van der Waals surface area contributed by atoms with Gasteiger partial charge in [0.2, 0.25) is 0 Å². The molecule has 116 valence electrons. The molecule has 0 bridgehead atoms. The molecule has 1 aliphatic carbocycles. The highest BCUT2D eigenvalue weighted by atomic mass is 32.2. The molecule has 8 nitrogen and oxygen atoms in total. The van der Waals surface area contributed by atoms with E-state index in [0.29, 0.717) is 12.8 Å². The molecule has 0 heterocycles. The van der Waals surface area contributed by atoms with E-state index in [4.69, 9.17) is 11.1 Å². The van der Waals surface area contributed by atoms with E-state index in [-0.39, 0.29) is 5.84 Å². The Morgan fingerprint density at radius 1 is 1.20 bits per heavy atom. The van der Waals surface area contributed by atoms with Crippen LogP contribution in [-0.2, 0) is 14.9 Å². The third-order valence-corrected chi connectivity index (χ3v) is 4.55. The van der Waals surface area contributed by atoms with E-state index in [1.807, 2.05) is 0 Å². The van der Waals surface area contributed by atoms with Crippen molar-refractivity contribution in [1.82, 2.24) is 9.44 Å². The predicted octanol–water partition coefficient (Wildman–Crippen LogP) is 0.596. The van der Waals surface area contributed by atoms with Gasteiger partial charge in [0.05, 0.1) is 12.6 Å². The maximum absolute atomic E-state index is 11.9. The first-order valence-corrected chi connectivity index (χ1v) is 8.04. The van der Waals surface area contributed by atoms with Crippen molar-refractivity contribution in [3.05, 3.63) is 0 Å². The summed E-state index contributed by atoms with van der Waals surface area (Å²) in [6.07, 6.45) is 4.42. The molecular weight excluding hydrogens is 284 g/mol. The van der Waals surface area contributed by atoms with Gasteiger partial charge >= 0.3 is 16.3 Å². The lowest BCUT2D eigenvalue weighted by Crippen LogP contribution is -2.60. The molecule has 0 aliphatic heterocycles. The largest absolute Gasteiger partial charge is 0.452 e. The smallest absolute Gasteiger partial charge is 0.421 e. The van der Waals surface area contributed by atoms with Gasteiger partial charge in [-0.3, -0.25) is 5.41 Å². The van der Waals surface area contributed by atoms with Crippen LogP contribution in [0.2, 0.25) is 0 Å². The summed E-state index contributed by atoms with van der Waals surface area (Å²) in [4.78, 5) is 11.0. The number of nitrogens with two attached hydrogens (primary N) is 1. The zero-order valence-electron chi connectivity index (χ0n) is 11.6. The SMILES string of the molecule is COC(=O)NS(=O)(=O)NC1(C(=N)N)CCCCCCC1. The highest BCUT2D eigenvalue weighted by Gasteiger charge is 2.38. The lowest BCUT2D eigenvalue weighted by atomic mass is 9.84. The van der Waals surface area contributed by atoms with Crippen LogP contribution in [-0.4, -0.2) is 33.0 Å². The number of hydrogen-bond acceptors (Lipinski definition) is 5. The fourth-order valence-electron chi connectivity index (χ4n) is 2.37. The normalized spacial score (nSPS) is 19.4. The molecule has 5 N–H and O–H groups in total. The Morgan fingerprint density at radius 3 is 2.15 bits per heavy atom. The molecule has 9 heteroatoms. The predicted molar refractivity (Wildman–Crippen MR) is 74.6 cm³/mol. The number of methoxy groups -OCH3 is 1. The van der Waals surface area contributed by atoms with Crippen molar-refractivity contribution in [2.24, 2.45) is 5.73 Å². The van der Waals surface area contributed by atoms with E-state index in [1.165, 1.54) is 0 Å². The summed E-state index contributed by atoms with van der Waals surface area (Å²) < 4.78 is 32.1. The highest BCUT2D eigenvalue weighted by molar-refractivity contribution is 7.88. The van der Waals surface area contributed by atoms with Crippen LogP contribution in [0.25, 0.3) is 0 Å². The third kappa shape index (κ3) is 4.64. The maximum Gasteiger partial charge on any atom is 0.421 e. The molecule has 0 saturated heterocycles. The summed E-state index contributed by atoms with van der Waals surface area (Å²) in [6.45, 7) is 0. The minimum Gasteiger partial charge on any atom is -0.452 e. The van der Waals surface area contributed by atoms with E-state index in [2.05, 4.69) is 9.46 Å². The first-order valence-electron chi connectivity index (χ1n) is 6.55. The van der Waals surface area contributed by atoms with Crippen LogP contribution < -0.4 is 15.2 Å². The zero-order chi connectivity index (χ0) is 15.2. The summed E-state index contributed by atoms with van der Waals surface area (Å²) >= 11 is 0. The molecule has 1 aliphatic rings. The summed E-state index contributed by atoms with van der Waals surface area (Å²) in [5.41, 5.74) is 4.48. The van der Waals surface area contributed by atoms with Gasteiger partial charge in [0.1, 0.15) is 5.84 Å². The molecule has 1 saturated carbocycles. The van der Waals surface area contributed by atoms with Crippen LogP contribution in [0.1, 0.15) is 44.9 Å². The second-order valence-electron chi connectivity index (χ2n) is 4.96. The Morgan fingerprint density at radius 2 is 1.70 bits per heavy atom. The average molecular weight is 306 g/mol. The van der Waals surface area contributed by atoms with Crippen LogP contribution in [0.15, 0.2) is 0 Å². The second kappa shape index (κ2) is 6.89. The van der Waals surface area contributed by atoms with E-state index in [9.17, 15) is 13.2 Å². The van der Waals surface area contributed by atoms with Crippen LogP contribution >= 0.6 is 0 Å². The standard InChI is InChI=1S/C11H22N4O4S/c1-19-10(16)14-20(17,18)15-11(9(12)13)7-5-3-2-4-6-8-11/h15H,2-8H2,1H3,(H3,12,13)(H,14,16). The number of amidine groups is 1. The van der Waals surface area contributed by atoms with Crippen molar-refractivity contribution in [1.29, 1.82) is 5.41 Å². The number of carbonyl (C=O) groups is 1. The van der Waals surface area contributed by atoms with Crippen molar-refractivity contribution in [3.63, 3.8) is 0 Å². The number of amides is 1. The van der Waals surface area contributed by atoms with Crippen LogP contribution in [0.3, 0.4) is 0 Å². The Balaban J connectivity index is 2.89. The van der Waals surface area contributed by atoms with Gasteiger partial charge in [0.25, 0.3) is 0 Å². The van der Waals surface area contributed by atoms with Gasteiger partial charge < -0.3 is 10.5 Å². The summed E-state index contributed by atoms with van der Waals surface area (Å²) in [5.74, 6) is -0.227. The molecule has 0 atom stereocenters. The van der Waals surface area contributed by atoms with Gasteiger partial charge in [-0.2, -0.15) is 13.1 Å². The Bertz CT molecular complexity index is 455. The third-order valence-electron chi connectivity index (χ3n) is 3.46. The molecule has 0 aromatic carbocycles. The summed E-state index contributed by atoms with van der Waals surface area (Å²) in [6, 6.07) is 0. The molecule has 0 aromatic heterocycles. The number of rotatable bonds is 4. The lowest BCUT2D eigenvalue weighted by molar-refractivity contribution is 0.177. The molecule has 0 unspecified atom stereocenters. The van der Waals surface area contributed by atoms with Gasteiger partial charge in [-0.15, -0.1) is 0 Å². The fraction of sp³-hybridized carbons (Fsp3) is 0.818. The minimum absolute atomic E-state index is 0.227. The summed E-state index contributed by atoms with van der Waals surface area (Å²) in [5, 5.41) is 7.72. The molecule has 1 fully saturated rings. The van der Waals surface area contributed by atoms with Gasteiger partial charge in [-0.1, -0.05) is 32.1 Å². The monoisotopic (exact) mass is 306 g/mol. The maximum atomic E-state index is 11.9. The van der Waals surface area contributed by atoms with Crippen molar-refractivity contribution < 1.29 is 17.9 Å². The van der Waals surface area contributed by atoms with Crippen LogP contribution in [0.5, 0.6) is 0 Å². The molecule has 1 amide bonds. The number of carbonyl (C=O) groups excluding carboxylic acids is 1. The van der Waals surface area contributed by atoms with Crippen molar-refractivity contribution in [2.45, 2.75) is 50.5 Å². The second-order valence-corrected chi connectivity index (χ2v) is 6.38. The van der Waals surface area contributed by atoms with E-state index in [1.54, 1.807) is 4.72 Å². The van der Waals surface area contributed by atoms with Crippen molar-refractivity contribution >= 4 is 22.1 Å². The number of ether oxygens (including phenoxy) is 1. The molecular formula is C11H22N4O4S. The summed E-state index contributed by atoms with van der Waals surface area (Å²) in [7, 11) is -3.05. The quantitative estimate of drug-likeness (QED) is 0.445. The van der Waals surface area contributed by atoms with Crippen molar-refractivity contribution in [3.8, 4) is 0 Å². The first-order chi connectivity index (χ1) is 9.31. The van der Waals surface area contributed by atoms with E-state index < -0.39 is 21.8 Å². The van der Waals surface area contributed by atoms with Gasteiger partial charge in [0.15, 0.2) is 0 Å². The molecule has 0 radical (unpaired) electrons. The topological polar surface area (TPSA) is 134 Å². The first kappa shape index (κ1) is 16.7. The number of nitrogens with one attached hydrogen (secondary N) is 3. The Hall–Kier alpha value is -1.35. The molecule has 0 aromatic rings. The Kier molecular flexibility index (Phi) is 5.75. The fourth-order valence-corrected chi connectivity index (χ4v) is 3.55. The van der Waals surface area contributed by atoms with Crippen molar-refractivity contribution in [2.75, 3.05) is 7.11 Å². The van der Waals surface area contributed by atoms with Crippen LogP contribution in [0.4, 0.5) is 4.79 Å². The average Bonchev–Trinajstić information content (AvgIpc) is 2.31. The highest BCUT2D eigenvalue weighted by Crippen LogP contribution is 2.27. The van der Waals surface area contributed by atoms with Gasteiger partial charge in [0, 0.05) is 0 Å². The van der Waals surface area contributed by atoms with Gasteiger partial charge in [-0.05, 0) is 12.8 Å². The van der Waals surface area contributed by atoms with Gasteiger partial charge in [-0.25, -0.2) is 9.52 Å². The van der Waals surface area contributed by atoms with E-state index in [0.717, 1.165) is 39.2 Å². The van der Waals surface area contributed by atoms with E-state index >= 15 is 0 Å². The Labute approximate surface area is 119 Å². The molecule has 0 spiro atoms. The zero-order valence-corrected chi connectivity index (χ0v) is 12.4. The van der Waals surface area contributed by atoms with Crippen LogP contribution in [0, 0.1) is 5.41 Å².